The van der Waals surface area contributed by atoms with Gasteiger partial charge < -0.3 is 15.4 Å². The van der Waals surface area contributed by atoms with Gasteiger partial charge >= 0.3 is 5.97 Å². The van der Waals surface area contributed by atoms with E-state index in [0.29, 0.717) is 31.6 Å². The Morgan fingerprint density at radius 2 is 1.90 bits per heavy atom. The van der Waals surface area contributed by atoms with Crippen LogP contribution in [0.15, 0.2) is 24.3 Å². The van der Waals surface area contributed by atoms with Crippen molar-refractivity contribution in [1.29, 1.82) is 5.41 Å². The molecule has 0 bridgehead atoms. The Hall–Kier alpha value is -2.70. The lowest BCUT2D eigenvalue weighted by molar-refractivity contribution is -0.152. The van der Waals surface area contributed by atoms with Crippen LogP contribution in [0.5, 0.6) is 0 Å². The second kappa shape index (κ2) is 9.87. The van der Waals surface area contributed by atoms with E-state index in [-0.39, 0.29) is 53.6 Å². The van der Waals surface area contributed by atoms with Crippen LogP contribution >= 0.6 is 0 Å². The second-order valence-corrected chi connectivity index (χ2v) is 8.89. The number of nitrogens with zero attached hydrogens (tertiary/aromatic N) is 1. The zero-order valence-electron chi connectivity index (χ0n) is 18.4. The topological polar surface area (TPSA) is 114 Å². The first-order valence-corrected chi connectivity index (χ1v) is 10.5. The van der Waals surface area contributed by atoms with Crippen LogP contribution in [0.1, 0.15) is 58.9 Å². The second-order valence-electron chi connectivity index (χ2n) is 8.89. The summed E-state index contributed by atoms with van der Waals surface area (Å²) in [4.78, 5) is 39.3. The highest BCUT2D eigenvalue weighted by Crippen LogP contribution is 2.32. The van der Waals surface area contributed by atoms with Crippen molar-refractivity contribution in [2.45, 2.75) is 53.4 Å². The number of ketones is 1. The SMILES string of the molecule is CCOC(=O)C(CCC(=O)CC1CCN(c2ccc(C(=N)N)cc2)C1=O)C(C)(C)C. The Morgan fingerprint density at radius 3 is 2.43 bits per heavy atom. The molecule has 164 valence electrons. The Kier molecular flexibility index (Phi) is 7.76. The van der Waals surface area contributed by atoms with E-state index in [9.17, 15) is 14.4 Å². The molecule has 7 nitrogen and oxygen atoms in total. The van der Waals surface area contributed by atoms with Gasteiger partial charge in [-0.15, -0.1) is 0 Å². The predicted octanol–water partition coefficient (Wildman–Crippen LogP) is 3.29. The molecule has 0 spiro atoms. The molecule has 1 aliphatic heterocycles. The van der Waals surface area contributed by atoms with E-state index in [0.717, 1.165) is 5.69 Å². The minimum atomic E-state index is -0.350. The summed E-state index contributed by atoms with van der Waals surface area (Å²) in [6, 6.07) is 6.97. The van der Waals surface area contributed by atoms with Crippen LogP contribution in [0.4, 0.5) is 5.69 Å². The zero-order valence-corrected chi connectivity index (χ0v) is 18.4. The fourth-order valence-corrected chi connectivity index (χ4v) is 3.84. The summed E-state index contributed by atoms with van der Waals surface area (Å²) in [5, 5.41) is 7.45. The van der Waals surface area contributed by atoms with Gasteiger partial charge in [0.1, 0.15) is 11.6 Å². The van der Waals surface area contributed by atoms with E-state index >= 15 is 0 Å². The van der Waals surface area contributed by atoms with E-state index < -0.39 is 0 Å². The smallest absolute Gasteiger partial charge is 0.309 e. The fraction of sp³-hybridized carbons (Fsp3) is 0.565. The van der Waals surface area contributed by atoms with Crippen molar-refractivity contribution in [3.63, 3.8) is 0 Å². The van der Waals surface area contributed by atoms with Crippen molar-refractivity contribution >= 4 is 29.2 Å². The van der Waals surface area contributed by atoms with Crippen molar-refractivity contribution in [3.05, 3.63) is 29.8 Å². The van der Waals surface area contributed by atoms with Gasteiger partial charge in [0.15, 0.2) is 0 Å². The van der Waals surface area contributed by atoms with E-state index in [4.69, 9.17) is 15.9 Å². The molecule has 2 atom stereocenters. The lowest BCUT2D eigenvalue weighted by Crippen LogP contribution is -2.31. The lowest BCUT2D eigenvalue weighted by atomic mass is 9.77. The molecule has 1 fully saturated rings. The van der Waals surface area contributed by atoms with Crippen LogP contribution in [0.2, 0.25) is 0 Å². The summed E-state index contributed by atoms with van der Waals surface area (Å²) < 4.78 is 5.17. The van der Waals surface area contributed by atoms with Gasteiger partial charge in [0, 0.05) is 36.6 Å². The number of carbonyl (C=O) groups is 3. The first kappa shape index (κ1) is 23.6. The Bertz CT molecular complexity index is 796. The average molecular weight is 416 g/mol. The minimum Gasteiger partial charge on any atom is -0.466 e. The van der Waals surface area contributed by atoms with Gasteiger partial charge in [-0.25, -0.2) is 0 Å². The third-order valence-electron chi connectivity index (χ3n) is 5.61. The fourth-order valence-electron chi connectivity index (χ4n) is 3.84. The number of amides is 1. The normalized spacial score (nSPS) is 17.7. The molecule has 0 radical (unpaired) electrons. The van der Waals surface area contributed by atoms with Gasteiger partial charge in [-0.05, 0) is 49.4 Å². The number of Topliss-reactive ketones (excluding diaryl/α,β-unsaturated/α-hetero) is 1. The molecule has 1 heterocycles. The standard InChI is InChI=1S/C23H33N3O4/c1-5-30-22(29)19(23(2,3)4)11-10-18(27)14-16-12-13-26(21(16)28)17-8-6-15(7-9-17)20(24)25/h6-9,16,19H,5,10-14H2,1-4H3,(H3,24,25). The number of rotatable bonds is 9. The van der Waals surface area contributed by atoms with Crippen LogP contribution in [0.25, 0.3) is 0 Å². The molecule has 1 amide bonds. The number of nitrogen functional groups attached to an aromatic ring is 1. The van der Waals surface area contributed by atoms with E-state index in [2.05, 4.69) is 0 Å². The van der Waals surface area contributed by atoms with E-state index in [1.807, 2.05) is 20.8 Å². The van der Waals surface area contributed by atoms with Crippen LogP contribution in [0, 0.1) is 22.7 Å². The largest absolute Gasteiger partial charge is 0.466 e. The number of carbonyl (C=O) groups excluding carboxylic acids is 3. The van der Waals surface area contributed by atoms with Crippen molar-refractivity contribution < 1.29 is 19.1 Å². The van der Waals surface area contributed by atoms with E-state index in [1.54, 1.807) is 36.1 Å². The predicted molar refractivity (Wildman–Crippen MR) is 116 cm³/mol. The third kappa shape index (κ3) is 5.90. The number of amidine groups is 1. The highest BCUT2D eigenvalue weighted by Gasteiger charge is 2.36. The van der Waals surface area contributed by atoms with Gasteiger partial charge in [-0.1, -0.05) is 20.8 Å². The van der Waals surface area contributed by atoms with Gasteiger partial charge in [0.25, 0.3) is 0 Å². The molecule has 1 aromatic carbocycles. The molecule has 30 heavy (non-hydrogen) atoms. The first-order chi connectivity index (χ1) is 14.0. The summed E-state index contributed by atoms with van der Waals surface area (Å²) in [6.45, 7) is 8.55. The average Bonchev–Trinajstić information content (AvgIpc) is 3.01. The quantitative estimate of drug-likeness (QED) is 0.365. The van der Waals surface area contributed by atoms with Crippen LogP contribution in [0.3, 0.4) is 0 Å². The van der Waals surface area contributed by atoms with Crippen LogP contribution < -0.4 is 10.6 Å². The maximum Gasteiger partial charge on any atom is 0.309 e. The minimum absolute atomic E-state index is 0.000626. The summed E-state index contributed by atoms with van der Waals surface area (Å²) in [6.07, 6.45) is 1.51. The number of nitrogens with two attached hydrogens (primary N) is 1. The van der Waals surface area contributed by atoms with Gasteiger partial charge in [-0.3, -0.25) is 19.8 Å². The first-order valence-electron chi connectivity index (χ1n) is 10.5. The Morgan fingerprint density at radius 1 is 1.27 bits per heavy atom. The summed E-state index contributed by atoms with van der Waals surface area (Å²) in [5.41, 5.74) is 6.53. The Labute approximate surface area is 178 Å². The molecule has 1 aliphatic rings. The Balaban J connectivity index is 1.93. The molecule has 0 aromatic heterocycles. The number of anilines is 1. The molecule has 7 heteroatoms. The molecule has 1 aromatic rings. The number of hydrogen-bond acceptors (Lipinski definition) is 5. The molecule has 2 unspecified atom stereocenters. The number of ether oxygens (including phenoxy) is 1. The van der Waals surface area contributed by atoms with Crippen LogP contribution in [-0.2, 0) is 19.1 Å². The lowest BCUT2D eigenvalue weighted by Gasteiger charge is -2.28. The molecule has 2 rings (SSSR count). The molecule has 0 aliphatic carbocycles. The highest BCUT2D eigenvalue weighted by atomic mass is 16.5. The molecular weight excluding hydrogens is 382 g/mol. The third-order valence-corrected chi connectivity index (χ3v) is 5.61. The maximum absolute atomic E-state index is 12.8. The van der Waals surface area contributed by atoms with Crippen LogP contribution in [-0.4, -0.2) is 36.6 Å². The van der Waals surface area contributed by atoms with Crippen molar-refractivity contribution in [1.82, 2.24) is 0 Å². The number of nitrogens with one attached hydrogen (secondary N) is 1. The van der Waals surface area contributed by atoms with E-state index in [1.165, 1.54) is 0 Å². The summed E-state index contributed by atoms with van der Waals surface area (Å²) in [7, 11) is 0. The maximum atomic E-state index is 12.8. The molecule has 1 saturated heterocycles. The summed E-state index contributed by atoms with van der Waals surface area (Å²) >= 11 is 0. The van der Waals surface area contributed by atoms with Crippen molar-refractivity contribution in [2.75, 3.05) is 18.1 Å². The van der Waals surface area contributed by atoms with Gasteiger partial charge in [0.2, 0.25) is 5.91 Å². The van der Waals surface area contributed by atoms with Gasteiger partial charge in [0.05, 0.1) is 12.5 Å². The zero-order chi connectivity index (χ0) is 22.5. The molecule has 3 N–H and O–H groups in total. The number of benzene rings is 1. The summed E-state index contributed by atoms with van der Waals surface area (Å²) in [5.74, 6) is -1.03. The van der Waals surface area contributed by atoms with Gasteiger partial charge in [-0.2, -0.15) is 0 Å². The number of esters is 1. The van der Waals surface area contributed by atoms with Crippen molar-refractivity contribution in [2.24, 2.45) is 23.0 Å². The molecular formula is C23H33N3O4. The number of hydrogen-bond donors (Lipinski definition) is 2. The molecule has 0 saturated carbocycles. The monoisotopic (exact) mass is 415 g/mol. The highest BCUT2D eigenvalue weighted by molar-refractivity contribution is 6.00. The van der Waals surface area contributed by atoms with Crippen molar-refractivity contribution in [3.8, 4) is 0 Å².